The van der Waals surface area contributed by atoms with Gasteiger partial charge in [-0.25, -0.2) is 0 Å². The van der Waals surface area contributed by atoms with E-state index in [0.717, 1.165) is 16.0 Å². The fourth-order valence-electron chi connectivity index (χ4n) is 5.19. The van der Waals surface area contributed by atoms with E-state index >= 15 is 0 Å². The largest absolute Gasteiger partial charge is 0.364 e. The third-order valence-electron chi connectivity index (χ3n) is 7.59. The Kier molecular flexibility index (Phi) is 13.4. The van der Waals surface area contributed by atoms with E-state index in [2.05, 4.69) is 130 Å². The molecular formula is C38H38N6OPS3+. The molecule has 5 aromatic carbocycles. The molecule has 0 aromatic heterocycles. The first kappa shape index (κ1) is 35.9. The third kappa shape index (κ3) is 9.59. The minimum absolute atomic E-state index is 0.357. The summed E-state index contributed by atoms with van der Waals surface area (Å²) in [5, 5.41) is 20.0. The van der Waals surface area contributed by atoms with Crippen molar-refractivity contribution in [3.8, 4) is 0 Å². The quantitative estimate of drug-likeness (QED) is 0.0270. The van der Waals surface area contributed by atoms with Gasteiger partial charge >= 0.3 is 0 Å². The summed E-state index contributed by atoms with van der Waals surface area (Å²) in [5.41, 5.74) is 8.72. The molecule has 0 spiro atoms. The zero-order valence-corrected chi connectivity index (χ0v) is 30.4. The average Bonchev–Trinajstić information content (AvgIpc) is 3.16. The molecule has 0 aliphatic heterocycles. The highest BCUT2D eigenvalue weighted by molar-refractivity contribution is 7.95. The van der Waals surface area contributed by atoms with Crippen LogP contribution in [0.5, 0.6) is 0 Å². The Morgan fingerprint density at radius 2 is 1.04 bits per heavy atom. The van der Waals surface area contributed by atoms with E-state index in [1.54, 1.807) is 7.05 Å². The highest BCUT2D eigenvalue weighted by Crippen LogP contribution is 2.55. The Balaban J connectivity index is 1.31. The number of hydrogen-bond donors (Lipinski definition) is 5. The normalized spacial score (nSPS) is 11.8. The standard InChI is InChI=1S/C38H37N6OPS3/c1-39-37(48)43-41-36(30-22-24-34(47)25-23-30)35(29-14-6-2-7-15-29)42-44-38(49)40-26-27-45-28-46(31-16-8-3-9-17-31,32-18-10-4-11-19-32)33-20-12-5-13-21-33/h2-25H,26-28H2,1H3,(H4-,39,40,41,42,43,44,47,48,49)/p+1. The fourth-order valence-corrected chi connectivity index (χ4v) is 9.32. The number of hydrogen-bond acceptors (Lipinski definition) is 6. The van der Waals surface area contributed by atoms with Gasteiger partial charge in [0, 0.05) is 29.6 Å². The molecule has 248 valence electrons. The van der Waals surface area contributed by atoms with E-state index in [1.807, 2.05) is 54.6 Å². The smallest absolute Gasteiger partial charge is 0.187 e. The van der Waals surface area contributed by atoms with E-state index in [4.69, 9.17) is 34.3 Å². The first-order valence-electron chi connectivity index (χ1n) is 15.7. The van der Waals surface area contributed by atoms with Crippen molar-refractivity contribution in [1.82, 2.24) is 21.5 Å². The maximum absolute atomic E-state index is 6.49. The molecule has 5 aromatic rings. The number of thiocarbonyl (C=S) groups is 2. The monoisotopic (exact) mass is 721 g/mol. The second kappa shape index (κ2) is 18.4. The zero-order chi connectivity index (χ0) is 34.3. The number of nitrogens with zero attached hydrogens (tertiary/aromatic N) is 2. The first-order valence-corrected chi connectivity index (χ1v) is 18.9. The van der Waals surface area contributed by atoms with Gasteiger partial charge in [-0.2, -0.15) is 10.2 Å². The number of rotatable bonds is 13. The molecule has 0 heterocycles. The van der Waals surface area contributed by atoms with Gasteiger partial charge in [0.1, 0.15) is 34.6 Å². The summed E-state index contributed by atoms with van der Waals surface area (Å²) >= 11 is 15.4. The number of hydrazone groups is 2. The van der Waals surface area contributed by atoms with Crippen molar-refractivity contribution >= 4 is 81.9 Å². The van der Waals surface area contributed by atoms with Gasteiger partial charge < -0.3 is 15.4 Å². The molecule has 49 heavy (non-hydrogen) atoms. The van der Waals surface area contributed by atoms with Crippen molar-refractivity contribution in [2.24, 2.45) is 10.2 Å². The molecule has 4 N–H and O–H groups in total. The Morgan fingerprint density at radius 3 is 1.51 bits per heavy atom. The summed E-state index contributed by atoms with van der Waals surface area (Å²) in [5.74, 6) is 0. The van der Waals surface area contributed by atoms with Crippen LogP contribution in [-0.2, 0) is 4.74 Å². The number of ether oxygens (including phenoxy) is 1. The third-order valence-corrected chi connectivity index (χ3v) is 12.5. The molecule has 5 rings (SSSR count). The summed E-state index contributed by atoms with van der Waals surface area (Å²) in [4.78, 5) is 0.835. The molecule has 11 heteroatoms. The minimum Gasteiger partial charge on any atom is -0.364 e. The summed E-state index contributed by atoms with van der Waals surface area (Å²) in [6.45, 7) is 0.933. The number of nitrogens with one attached hydrogen (secondary N) is 4. The van der Waals surface area contributed by atoms with Crippen LogP contribution in [0.4, 0.5) is 0 Å². The first-order chi connectivity index (χ1) is 24.0. The van der Waals surface area contributed by atoms with Gasteiger partial charge in [-0.3, -0.25) is 10.9 Å². The van der Waals surface area contributed by atoms with Gasteiger partial charge in [0.25, 0.3) is 0 Å². The van der Waals surface area contributed by atoms with Gasteiger partial charge in [-0.05, 0) is 73.0 Å². The van der Waals surface area contributed by atoms with Crippen molar-refractivity contribution in [3.05, 3.63) is 157 Å². The SMILES string of the molecule is CNC(=S)NN=C(C(=NNC(=S)NCCOC[P+](c1ccccc1)(c1ccccc1)c1ccccc1)c1ccccc1)c1ccc(S)cc1. The molecule has 0 radical (unpaired) electrons. The second-order valence-electron chi connectivity index (χ2n) is 10.7. The van der Waals surface area contributed by atoms with Crippen molar-refractivity contribution in [1.29, 1.82) is 0 Å². The molecular weight excluding hydrogens is 684 g/mol. The summed E-state index contributed by atoms with van der Waals surface area (Å²) in [6.07, 6.45) is 0.551. The molecule has 0 amide bonds. The molecule has 0 aliphatic rings. The van der Waals surface area contributed by atoms with Crippen LogP contribution in [0.2, 0.25) is 0 Å². The van der Waals surface area contributed by atoms with Crippen molar-refractivity contribution in [3.63, 3.8) is 0 Å². The van der Waals surface area contributed by atoms with Crippen LogP contribution in [0, 0.1) is 0 Å². The van der Waals surface area contributed by atoms with Gasteiger partial charge in [0.15, 0.2) is 16.6 Å². The van der Waals surface area contributed by atoms with E-state index in [1.165, 1.54) is 15.9 Å². The Bertz CT molecular complexity index is 1760. The topological polar surface area (TPSA) is 82.1 Å². The van der Waals surface area contributed by atoms with Crippen LogP contribution in [0.25, 0.3) is 0 Å². The lowest BCUT2D eigenvalue weighted by Gasteiger charge is -2.27. The van der Waals surface area contributed by atoms with Crippen LogP contribution in [0.1, 0.15) is 11.1 Å². The van der Waals surface area contributed by atoms with E-state index in [-0.39, 0.29) is 0 Å². The zero-order valence-electron chi connectivity index (χ0n) is 27.0. The van der Waals surface area contributed by atoms with Crippen molar-refractivity contribution in [2.75, 3.05) is 26.5 Å². The molecule has 0 saturated carbocycles. The van der Waals surface area contributed by atoms with Crippen LogP contribution in [0.15, 0.2) is 161 Å². The maximum Gasteiger partial charge on any atom is 0.187 e. The predicted molar refractivity (Wildman–Crippen MR) is 218 cm³/mol. The van der Waals surface area contributed by atoms with Gasteiger partial charge in [-0.1, -0.05) is 97.1 Å². The summed E-state index contributed by atoms with van der Waals surface area (Å²) in [6, 6.07) is 49.5. The molecule has 0 unspecified atom stereocenters. The summed E-state index contributed by atoms with van der Waals surface area (Å²) < 4.78 is 6.49. The summed E-state index contributed by atoms with van der Waals surface area (Å²) in [7, 11) is -0.364. The van der Waals surface area contributed by atoms with E-state index < -0.39 is 7.26 Å². The molecule has 0 bridgehead atoms. The molecule has 0 aliphatic carbocycles. The number of thiol groups is 1. The van der Waals surface area contributed by atoms with E-state index in [9.17, 15) is 0 Å². The molecule has 7 nitrogen and oxygen atoms in total. The molecule has 0 fully saturated rings. The lowest BCUT2D eigenvalue weighted by atomic mass is 10.00. The van der Waals surface area contributed by atoms with Crippen LogP contribution in [0.3, 0.4) is 0 Å². The average molecular weight is 722 g/mol. The van der Waals surface area contributed by atoms with Gasteiger partial charge in [0.05, 0.1) is 6.61 Å². The van der Waals surface area contributed by atoms with Crippen molar-refractivity contribution < 1.29 is 4.74 Å². The van der Waals surface area contributed by atoms with Crippen molar-refractivity contribution in [2.45, 2.75) is 4.90 Å². The number of benzene rings is 5. The second-order valence-corrected chi connectivity index (χ2v) is 15.5. The fraction of sp³-hybridized carbons (Fsp3) is 0.105. The highest BCUT2D eigenvalue weighted by Gasteiger charge is 2.45. The predicted octanol–water partition coefficient (Wildman–Crippen LogP) is 5.61. The maximum atomic E-state index is 6.49. The Hall–Kier alpha value is -4.44. The molecule has 0 saturated heterocycles. The Morgan fingerprint density at radius 1 is 0.612 bits per heavy atom. The van der Waals surface area contributed by atoms with Gasteiger partial charge in [0.2, 0.25) is 0 Å². The van der Waals surface area contributed by atoms with E-state index in [0.29, 0.717) is 41.1 Å². The minimum atomic E-state index is -2.09. The van der Waals surface area contributed by atoms with Crippen LogP contribution < -0.4 is 37.4 Å². The van der Waals surface area contributed by atoms with Crippen LogP contribution >= 0.6 is 44.3 Å². The molecule has 0 atom stereocenters. The van der Waals surface area contributed by atoms with Gasteiger partial charge in [-0.15, -0.1) is 12.6 Å². The Labute approximate surface area is 305 Å². The van der Waals surface area contributed by atoms with Crippen LogP contribution in [-0.4, -0.2) is 48.2 Å². The lowest BCUT2D eigenvalue weighted by molar-refractivity contribution is 0.185. The lowest BCUT2D eigenvalue weighted by Crippen LogP contribution is -2.37. The highest BCUT2D eigenvalue weighted by atomic mass is 32.1.